The van der Waals surface area contributed by atoms with Crippen LogP contribution in [0.2, 0.25) is 5.02 Å². The van der Waals surface area contributed by atoms with E-state index < -0.39 is 11.6 Å². The highest BCUT2D eigenvalue weighted by molar-refractivity contribution is 6.30. The molecule has 12 heavy (non-hydrogen) atoms. The molecule has 0 aliphatic carbocycles. The highest BCUT2D eigenvalue weighted by Gasteiger charge is 2.20. The zero-order valence-electron chi connectivity index (χ0n) is 6.13. The highest BCUT2D eigenvalue weighted by atomic mass is 35.5. The van der Waals surface area contributed by atoms with E-state index in [9.17, 15) is 8.78 Å². The molecule has 1 nitrogen and oxygen atoms in total. The molecule has 0 spiro atoms. The average Bonchev–Trinajstić information content (AvgIpc) is 2.48. The fourth-order valence-corrected chi connectivity index (χ4v) is 1.57. The van der Waals surface area contributed by atoms with Gasteiger partial charge in [0.25, 0.3) is 0 Å². The van der Waals surface area contributed by atoms with E-state index in [1.807, 2.05) is 0 Å². The van der Waals surface area contributed by atoms with Crippen LogP contribution in [0, 0.1) is 11.6 Å². The third kappa shape index (κ3) is 0.966. The summed E-state index contributed by atoms with van der Waals surface area (Å²) in [7, 11) is 0. The van der Waals surface area contributed by atoms with Crippen LogP contribution in [0.3, 0.4) is 0 Å². The maximum atomic E-state index is 13.0. The molecule has 0 saturated heterocycles. The van der Waals surface area contributed by atoms with Gasteiger partial charge >= 0.3 is 0 Å². The van der Waals surface area contributed by atoms with Crippen molar-refractivity contribution in [2.45, 2.75) is 6.42 Å². The third-order valence-electron chi connectivity index (χ3n) is 1.94. The highest BCUT2D eigenvalue weighted by Crippen LogP contribution is 2.31. The summed E-state index contributed by atoms with van der Waals surface area (Å²) < 4.78 is 25.9. The Balaban J connectivity index is 2.67. The topological polar surface area (TPSA) is 12.0 Å². The van der Waals surface area contributed by atoms with Crippen molar-refractivity contribution in [2.75, 3.05) is 11.9 Å². The first kappa shape index (κ1) is 7.80. The lowest BCUT2D eigenvalue weighted by Crippen LogP contribution is -1.96. The summed E-state index contributed by atoms with van der Waals surface area (Å²) in [5, 5.41) is 2.62. The van der Waals surface area contributed by atoms with E-state index in [0.29, 0.717) is 13.0 Å². The smallest absolute Gasteiger partial charge is 0.183 e. The zero-order valence-corrected chi connectivity index (χ0v) is 6.88. The van der Waals surface area contributed by atoms with Gasteiger partial charge in [-0.1, -0.05) is 11.6 Å². The predicted molar refractivity (Wildman–Crippen MR) is 43.6 cm³/mol. The normalized spacial score (nSPS) is 14.2. The van der Waals surface area contributed by atoms with Crippen LogP contribution in [0.1, 0.15) is 5.56 Å². The number of fused-ring (bicyclic) bond motifs is 1. The minimum atomic E-state index is -0.968. The average molecular weight is 190 g/mol. The van der Waals surface area contributed by atoms with Crippen molar-refractivity contribution in [2.24, 2.45) is 0 Å². The Hall–Kier alpha value is -0.830. The Labute approximate surface area is 73.3 Å². The molecule has 0 unspecified atom stereocenters. The van der Waals surface area contributed by atoms with E-state index in [-0.39, 0.29) is 10.7 Å². The fourth-order valence-electron chi connectivity index (χ4n) is 1.35. The van der Waals surface area contributed by atoms with Crippen LogP contribution in [0.5, 0.6) is 0 Å². The second-order valence-electron chi connectivity index (χ2n) is 2.70. The third-order valence-corrected chi connectivity index (χ3v) is 2.22. The Kier molecular flexibility index (Phi) is 1.68. The Bertz CT molecular complexity index is 338. The van der Waals surface area contributed by atoms with Gasteiger partial charge in [0.2, 0.25) is 0 Å². The molecule has 0 amide bonds. The molecule has 64 valence electrons. The Morgan fingerprint density at radius 3 is 2.83 bits per heavy atom. The van der Waals surface area contributed by atoms with Gasteiger partial charge in [0, 0.05) is 6.54 Å². The molecule has 1 aromatic carbocycles. The van der Waals surface area contributed by atoms with Crippen molar-refractivity contribution in [1.29, 1.82) is 0 Å². The number of nitrogens with one attached hydrogen (secondary N) is 1. The summed E-state index contributed by atoms with van der Waals surface area (Å²) in [6, 6.07) is 1.47. The molecule has 1 heterocycles. The van der Waals surface area contributed by atoms with Crippen LogP contribution in [0.4, 0.5) is 14.5 Å². The summed E-state index contributed by atoms with van der Waals surface area (Å²) in [6.07, 6.45) is 0.701. The molecular formula is C8H6ClF2N. The molecule has 0 aromatic heterocycles. The summed E-state index contributed by atoms with van der Waals surface area (Å²) in [5.74, 6) is -1.83. The number of anilines is 1. The van der Waals surface area contributed by atoms with Gasteiger partial charge in [-0.3, -0.25) is 0 Å². The van der Waals surface area contributed by atoms with Crippen molar-refractivity contribution in [3.05, 3.63) is 28.3 Å². The summed E-state index contributed by atoms with van der Waals surface area (Å²) in [4.78, 5) is 0. The largest absolute Gasteiger partial charge is 0.382 e. The minimum Gasteiger partial charge on any atom is -0.382 e. The van der Waals surface area contributed by atoms with Crippen LogP contribution in [0.25, 0.3) is 0 Å². The maximum absolute atomic E-state index is 13.0. The van der Waals surface area contributed by atoms with Crippen LogP contribution in [-0.4, -0.2) is 6.54 Å². The number of benzene rings is 1. The van der Waals surface area contributed by atoms with Gasteiger partial charge in [0.05, 0.1) is 10.7 Å². The van der Waals surface area contributed by atoms with E-state index >= 15 is 0 Å². The molecule has 0 radical (unpaired) electrons. The number of hydrogen-bond donors (Lipinski definition) is 1. The number of hydrogen-bond acceptors (Lipinski definition) is 1. The van der Waals surface area contributed by atoms with E-state index in [1.165, 1.54) is 6.07 Å². The second kappa shape index (κ2) is 2.59. The summed E-state index contributed by atoms with van der Waals surface area (Å²) in [6.45, 7) is 0.645. The minimum absolute atomic E-state index is 0.144. The standard InChI is InChI=1S/C8H6ClF2N/c9-5-3-4-1-2-12-8(4)7(11)6(5)10/h3,12H,1-2H2. The van der Waals surface area contributed by atoms with Gasteiger partial charge in [-0.25, -0.2) is 8.78 Å². The predicted octanol–water partition coefficient (Wildman–Crippen LogP) is 2.59. The molecule has 0 atom stereocenters. The quantitative estimate of drug-likeness (QED) is 0.619. The molecule has 2 rings (SSSR count). The first-order valence-corrected chi connectivity index (χ1v) is 3.98. The van der Waals surface area contributed by atoms with E-state index in [0.717, 1.165) is 5.56 Å². The lowest BCUT2D eigenvalue weighted by atomic mass is 10.1. The first-order chi connectivity index (χ1) is 5.70. The van der Waals surface area contributed by atoms with Crippen molar-refractivity contribution in [1.82, 2.24) is 0 Å². The van der Waals surface area contributed by atoms with Gasteiger partial charge < -0.3 is 5.32 Å². The van der Waals surface area contributed by atoms with E-state index in [4.69, 9.17) is 11.6 Å². The lowest BCUT2D eigenvalue weighted by molar-refractivity contribution is 0.512. The van der Waals surface area contributed by atoms with Crippen LogP contribution in [-0.2, 0) is 6.42 Å². The molecule has 1 aliphatic heterocycles. The zero-order chi connectivity index (χ0) is 8.72. The number of halogens is 3. The van der Waals surface area contributed by atoms with Gasteiger partial charge in [0.1, 0.15) is 0 Å². The van der Waals surface area contributed by atoms with Crippen molar-refractivity contribution in [3.63, 3.8) is 0 Å². The summed E-state index contributed by atoms with van der Waals surface area (Å²) >= 11 is 5.45. The fraction of sp³-hybridized carbons (Fsp3) is 0.250. The van der Waals surface area contributed by atoms with E-state index in [2.05, 4.69) is 5.32 Å². The van der Waals surface area contributed by atoms with Gasteiger partial charge in [0.15, 0.2) is 11.6 Å². The molecular weight excluding hydrogens is 184 g/mol. The van der Waals surface area contributed by atoms with Gasteiger partial charge in [-0.05, 0) is 18.1 Å². The molecule has 0 bridgehead atoms. The first-order valence-electron chi connectivity index (χ1n) is 3.60. The van der Waals surface area contributed by atoms with Gasteiger partial charge in [-0.2, -0.15) is 0 Å². The monoisotopic (exact) mass is 189 g/mol. The van der Waals surface area contributed by atoms with Crippen molar-refractivity contribution >= 4 is 17.3 Å². The van der Waals surface area contributed by atoms with Crippen LogP contribution in [0.15, 0.2) is 6.07 Å². The summed E-state index contributed by atoms with van der Waals surface area (Å²) in [5.41, 5.74) is 1.01. The SMILES string of the molecule is Fc1c(Cl)cc2c(c1F)NCC2. The maximum Gasteiger partial charge on any atom is 0.183 e. The molecule has 4 heteroatoms. The molecule has 0 fully saturated rings. The van der Waals surface area contributed by atoms with Gasteiger partial charge in [-0.15, -0.1) is 0 Å². The molecule has 0 saturated carbocycles. The second-order valence-corrected chi connectivity index (χ2v) is 3.10. The number of rotatable bonds is 0. The van der Waals surface area contributed by atoms with Crippen molar-refractivity contribution < 1.29 is 8.78 Å². The molecule has 1 N–H and O–H groups in total. The molecule has 1 aliphatic rings. The Morgan fingerprint density at radius 1 is 1.33 bits per heavy atom. The van der Waals surface area contributed by atoms with E-state index in [1.54, 1.807) is 0 Å². The van der Waals surface area contributed by atoms with Crippen LogP contribution < -0.4 is 5.32 Å². The van der Waals surface area contributed by atoms with Crippen molar-refractivity contribution in [3.8, 4) is 0 Å². The Morgan fingerprint density at radius 2 is 2.08 bits per heavy atom. The van der Waals surface area contributed by atoms with Crippen LogP contribution >= 0.6 is 11.6 Å². The molecule has 1 aromatic rings. The lowest BCUT2D eigenvalue weighted by Gasteiger charge is -2.03.